The first-order chi connectivity index (χ1) is 6.99. The molecule has 0 amide bonds. The maximum Gasteiger partial charge on any atom is 0.0943 e. The standard InChI is InChI=1S/C12H20N2S/c1-11(2)3-5-12(13,6-4-11)9-10-14-7-8-15-10/h7-8H,3-6,9,13H2,1-2H3. The van der Waals surface area contributed by atoms with Crippen LogP contribution >= 0.6 is 11.3 Å². The maximum absolute atomic E-state index is 6.44. The third-order valence-corrected chi connectivity index (χ3v) is 4.37. The molecule has 84 valence electrons. The number of rotatable bonds is 2. The SMILES string of the molecule is CC1(C)CCC(N)(Cc2nccs2)CC1. The van der Waals surface area contributed by atoms with Crippen LogP contribution in [0.4, 0.5) is 0 Å². The van der Waals surface area contributed by atoms with Gasteiger partial charge < -0.3 is 5.73 Å². The molecule has 0 unspecified atom stereocenters. The van der Waals surface area contributed by atoms with Crippen molar-refractivity contribution in [3.05, 3.63) is 16.6 Å². The van der Waals surface area contributed by atoms with Crippen molar-refractivity contribution in [1.82, 2.24) is 4.98 Å². The predicted molar refractivity (Wildman–Crippen MR) is 65.0 cm³/mol. The highest BCUT2D eigenvalue weighted by atomic mass is 32.1. The molecule has 1 saturated carbocycles. The largest absolute Gasteiger partial charge is 0.325 e. The Morgan fingerprint density at radius 3 is 2.53 bits per heavy atom. The molecule has 0 atom stereocenters. The third kappa shape index (κ3) is 2.79. The van der Waals surface area contributed by atoms with Crippen LogP contribution in [-0.4, -0.2) is 10.5 Å². The highest BCUT2D eigenvalue weighted by molar-refractivity contribution is 7.09. The molecular weight excluding hydrogens is 204 g/mol. The van der Waals surface area contributed by atoms with Crippen LogP contribution in [0.5, 0.6) is 0 Å². The van der Waals surface area contributed by atoms with Gasteiger partial charge in [-0.2, -0.15) is 0 Å². The quantitative estimate of drug-likeness (QED) is 0.838. The Hall–Kier alpha value is -0.410. The van der Waals surface area contributed by atoms with Gasteiger partial charge in [0.1, 0.15) is 0 Å². The summed E-state index contributed by atoms with van der Waals surface area (Å²) >= 11 is 1.72. The van der Waals surface area contributed by atoms with Crippen LogP contribution in [0.2, 0.25) is 0 Å². The average molecular weight is 224 g/mol. The summed E-state index contributed by atoms with van der Waals surface area (Å²) in [6, 6.07) is 0. The van der Waals surface area contributed by atoms with Gasteiger partial charge in [-0.05, 0) is 31.1 Å². The fourth-order valence-electron chi connectivity index (χ4n) is 2.24. The topological polar surface area (TPSA) is 38.9 Å². The molecule has 1 aromatic rings. The van der Waals surface area contributed by atoms with Crippen LogP contribution in [-0.2, 0) is 6.42 Å². The molecule has 15 heavy (non-hydrogen) atoms. The lowest BCUT2D eigenvalue weighted by molar-refractivity contribution is 0.164. The first kappa shape index (κ1) is 11.1. The van der Waals surface area contributed by atoms with Crippen LogP contribution < -0.4 is 5.73 Å². The molecule has 1 heterocycles. The fraction of sp³-hybridized carbons (Fsp3) is 0.750. The first-order valence-electron chi connectivity index (χ1n) is 5.66. The van der Waals surface area contributed by atoms with E-state index in [0.29, 0.717) is 5.41 Å². The van der Waals surface area contributed by atoms with Crippen molar-refractivity contribution in [2.75, 3.05) is 0 Å². The Bertz CT molecular complexity index is 306. The summed E-state index contributed by atoms with van der Waals surface area (Å²) in [5.41, 5.74) is 6.94. The zero-order valence-electron chi connectivity index (χ0n) is 9.62. The van der Waals surface area contributed by atoms with Gasteiger partial charge in [0.25, 0.3) is 0 Å². The van der Waals surface area contributed by atoms with Gasteiger partial charge in [0.15, 0.2) is 0 Å². The summed E-state index contributed by atoms with van der Waals surface area (Å²) in [6.45, 7) is 4.69. The minimum atomic E-state index is 0.00731. The Balaban J connectivity index is 1.98. The van der Waals surface area contributed by atoms with E-state index in [9.17, 15) is 0 Å². The maximum atomic E-state index is 6.44. The van der Waals surface area contributed by atoms with Crippen molar-refractivity contribution in [3.8, 4) is 0 Å². The lowest BCUT2D eigenvalue weighted by Gasteiger charge is -2.40. The second-order valence-corrected chi connectivity index (χ2v) is 6.61. The van der Waals surface area contributed by atoms with Crippen molar-refractivity contribution in [1.29, 1.82) is 0 Å². The molecule has 2 nitrogen and oxygen atoms in total. The zero-order chi connectivity index (χ0) is 10.9. The Morgan fingerprint density at radius 1 is 1.33 bits per heavy atom. The lowest BCUT2D eigenvalue weighted by atomic mass is 9.69. The van der Waals surface area contributed by atoms with E-state index in [1.165, 1.54) is 17.8 Å². The van der Waals surface area contributed by atoms with Gasteiger partial charge >= 0.3 is 0 Å². The summed E-state index contributed by atoms with van der Waals surface area (Å²) in [5, 5.41) is 3.23. The molecule has 1 fully saturated rings. The highest BCUT2D eigenvalue weighted by Crippen LogP contribution is 2.40. The normalized spacial score (nSPS) is 23.9. The molecule has 2 rings (SSSR count). The number of nitrogens with two attached hydrogens (primary N) is 1. The van der Waals surface area contributed by atoms with E-state index in [2.05, 4.69) is 18.8 Å². The molecular formula is C12H20N2S. The molecule has 0 saturated heterocycles. The van der Waals surface area contributed by atoms with Crippen molar-refractivity contribution in [3.63, 3.8) is 0 Å². The first-order valence-corrected chi connectivity index (χ1v) is 6.54. The van der Waals surface area contributed by atoms with Crippen molar-refractivity contribution < 1.29 is 0 Å². The minimum absolute atomic E-state index is 0.00731. The molecule has 0 aromatic carbocycles. The monoisotopic (exact) mass is 224 g/mol. The molecule has 3 heteroatoms. The van der Waals surface area contributed by atoms with E-state index in [-0.39, 0.29) is 5.54 Å². The molecule has 1 aromatic heterocycles. The van der Waals surface area contributed by atoms with E-state index in [4.69, 9.17) is 5.73 Å². The van der Waals surface area contributed by atoms with E-state index in [1.54, 1.807) is 11.3 Å². The molecule has 0 spiro atoms. The van der Waals surface area contributed by atoms with Crippen LogP contribution in [0.3, 0.4) is 0 Å². The molecule has 1 aliphatic rings. The van der Waals surface area contributed by atoms with Crippen molar-refractivity contribution in [2.24, 2.45) is 11.1 Å². The minimum Gasteiger partial charge on any atom is -0.325 e. The predicted octanol–water partition coefficient (Wildman–Crippen LogP) is 2.98. The zero-order valence-corrected chi connectivity index (χ0v) is 10.4. The van der Waals surface area contributed by atoms with Gasteiger partial charge in [-0.1, -0.05) is 13.8 Å². The summed E-state index contributed by atoms with van der Waals surface area (Å²) < 4.78 is 0. The Morgan fingerprint density at radius 2 is 2.00 bits per heavy atom. The molecule has 0 aliphatic heterocycles. The van der Waals surface area contributed by atoms with E-state index >= 15 is 0 Å². The number of aromatic nitrogens is 1. The van der Waals surface area contributed by atoms with Gasteiger partial charge in [-0.3, -0.25) is 0 Å². The van der Waals surface area contributed by atoms with E-state index in [0.717, 1.165) is 19.3 Å². The number of hydrogen-bond donors (Lipinski definition) is 1. The van der Waals surface area contributed by atoms with Crippen LogP contribution in [0.1, 0.15) is 44.5 Å². The lowest BCUT2D eigenvalue weighted by Crippen LogP contribution is -2.46. The summed E-state index contributed by atoms with van der Waals surface area (Å²) in [5.74, 6) is 0. The number of thiazole rings is 1. The van der Waals surface area contributed by atoms with E-state index in [1.807, 2.05) is 11.6 Å². The summed E-state index contributed by atoms with van der Waals surface area (Å²) in [7, 11) is 0. The Kier molecular flexibility index (Phi) is 2.86. The van der Waals surface area contributed by atoms with Gasteiger partial charge in [-0.25, -0.2) is 4.98 Å². The molecule has 0 radical (unpaired) electrons. The molecule has 0 bridgehead atoms. The van der Waals surface area contributed by atoms with Crippen LogP contribution in [0, 0.1) is 5.41 Å². The smallest absolute Gasteiger partial charge is 0.0943 e. The fourth-order valence-corrected chi connectivity index (χ4v) is 3.01. The van der Waals surface area contributed by atoms with Gasteiger partial charge in [-0.15, -0.1) is 11.3 Å². The summed E-state index contributed by atoms with van der Waals surface area (Å²) in [6.07, 6.45) is 7.60. The third-order valence-electron chi connectivity index (χ3n) is 3.59. The Labute approximate surface area is 95.9 Å². The van der Waals surface area contributed by atoms with Gasteiger partial charge in [0, 0.05) is 23.5 Å². The van der Waals surface area contributed by atoms with Crippen LogP contribution in [0.25, 0.3) is 0 Å². The molecule has 2 N–H and O–H groups in total. The second kappa shape index (κ2) is 3.87. The van der Waals surface area contributed by atoms with Crippen molar-refractivity contribution >= 4 is 11.3 Å². The highest BCUT2D eigenvalue weighted by Gasteiger charge is 2.35. The molecule has 1 aliphatic carbocycles. The van der Waals surface area contributed by atoms with Gasteiger partial charge in [0.2, 0.25) is 0 Å². The number of nitrogens with zero attached hydrogens (tertiary/aromatic N) is 1. The summed E-state index contributed by atoms with van der Waals surface area (Å²) in [4.78, 5) is 4.33. The van der Waals surface area contributed by atoms with Gasteiger partial charge in [0.05, 0.1) is 5.01 Å². The van der Waals surface area contributed by atoms with Crippen molar-refractivity contribution in [2.45, 2.75) is 51.5 Å². The van der Waals surface area contributed by atoms with Crippen LogP contribution in [0.15, 0.2) is 11.6 Å². The second-order valence-electron chi connectivity index (χ2n) is 5.63. The van der Waals surface area contributed by atoms with E-state index < -0.39 is 0 Å². The number of hydrogen-bond acceptors (Lipinski definition) is 3. The average Bonchev–Trinajstić information content (AvgIpc) is 2.64.